The van der Waals surface area contributed by atoms with E-state index in [2.05, 4.69) is 61.1 Å². The second-order valence-corrected chi connectivity index (χ2v) is 14.6. The summed E-state index contributed by atoms with van der Waals surface area (Å²) in [6.07, 6.45) is 16.5. The highest BCUT2D eigenvalue weighted by Gasteiger charge is 2.64. The van der Waals surface area contributed by atoms with Crippen molar-refractivity contribution in [3.63, 3.8) is 0 Å². The average Bonchev–Trinajstić information content (AvgIpc) is 2.99. The maximum atomic E-state index is 4.67. The molecule has 0 N–H and O–H groups in total. The number of hydrogen-bond acceptors (Lipinski definition) is 1. The third kappa shape index (κ3) is 3.97. The molecule has 1 heteroatoms. The van der Waals surface area contributed by atoms with Gasteiger partial charge in [0.1, 0.15) is 0 Å². The summed E-state index contributed by atoms with van der Waals surface area (Å²) >= 11 is 4.67. The van der Waals surface area contributed by atoms with E-state index >= 15 is 0 Å². The van der Waals surface area contributed by atoms with Crippen LogP contribution in [0, 0.1) is 63.6 Å². The van der Waals surface area contributed by atoms with Gasteiger partial charge in [-0.1, -0.05) is 61.3 Å². The van der Waals surface area contributed by atoms with Crippen molar-refractivity contribution in [1.82, 2.24) is 0 Å². The zero-order chi connectivity index (χ0) is 22.6. The van der Waals surface area contributed by atoms with Crippen LogP contribution in [0.4, 0.5) is 0 Å². The van der Waals surface area contributed by atoms with Crippen molar-refractivity contribution in [3.8, 4) is 0 Å². The standard InChI is InChI=1S/C30H54S/c1-20(2)22(19-31)11-10-21(3)25-15-18-30(7)27-13-12-26-23(9-8-16-28(26,4)5)24(27)14-17-29(25,30)6/h20-27,31H,8-19H2,1-7H3. The quantitative estimate of drug-likeness (QED) is 0.386. The first-order valence-electron chi connectivity index (χ1n) is 14.2. The largest absolute Gasteiger partial charge is 0.179 e. The highest BCUT2D eigenvalue weighted by molar-refractivity contribution is 7.80. The van der Waals surface area contributed by atoms with Crippen LogP contribution in [0.3, 0.4) is 0 Å². The molecule has 0 bridgehead atoms. The third-order valence-electron chi connectivity index (χ3n) is 12.5. The number of thiol groups is 1. The fourth-order valence-corrected chi connectivity index (χ4v) is 10.8. The summed E-state index contributed by atoms with van der Waals surface area (Å²) in [6, 6.07) is 0. The van der Waals surface area contributed by atoms with Gasteiger partial charge in [-0.2, -0.15) is 12.6 Å². The molecule has 9 atom stereocenters. The summed E-state index contributed by atoms with van der Waals surface area (Å²) in [6.45, 7) is 18.1. The summed E-state index contributed by atoms with van der Waals surface area (Å²) in [7, 11) is 0. The molecule has 4 saturated carbocycles. The minimum Gasteiger partial charge on any atom is -0.179 e. The van der Waals surface area contributed by atoms with Gasteiger partial charge in [0.15, 0.2) is 0 Å². The molecule has 0 radical (unpaired) electrons. The molecule has 0 spiro atoms. The van der Waals surface area contributed by atoms with E-state index in [0.717, 1.165) is 53.1 Å². The molecule has 0 amide bonds. The highest BCUT2D eigenvalue weighted by atomic mass is 32.1. The molecule has 9 unspecified atom stereocenters. The fraction of sp³-hybridized carbons (Fsp3) is 1.00. The lowest BCUT2D eigenvalue weighted by Crippen LogP contribution is -2.55. The van der Waals surface area contributed by atoms with Crippen LogP contribution in [0.1, 0.15) is 119 Å². The predicted molar refractivity (Wildman–Crippen MR) is 140 cm³/mol. The second-order valence-electron chi connectivity index (χ2n) is 14.3. The van der Waals surface area contributed by atoms with Crippen molar-refractivity contribution in [1.29, 1.82) is 0 Å². The first-order chi connectivity index (χ1) is 14.5. The molecule has 31 heavy (non-hydrogen) atoms. The van der Waals surface area contributed by atoms with Gasteiger partial charge in [-0.3, -0.25) is 0 Å². The smallest absolute Gasteiger partial charge is 0.00671 e. The molecule has 0 aromatic rings. The van der Waals surface area contributed by atoms with E-state index in [1.165, 1.54) is 57.8 Å². The van der Waals surface area contributed by atoms with Gasteiger partial charge >= 0.3 is 0 Å². The normalized spacial score (nSPS) is 46.2. The summed E-state index contributed by atoms with van der Waals surface area (Å²) in [5.41, 5.74) is 1.78. The monoisotopic (exact) mass is 446 g/mol. The summed E-state index contributed by atoms with van der Waals surface area (Å²) in [5, 5.41) is 0. The summed E-state index contributed by atoms with van der Waals surface area (Å²) < 4.78 is 0. The van der Waals surface area contributed by atoms with E-state index in [4.69, 9.17) is 0 Å². The van der Waals surface area contributed by atoms with Gasteiger partial charge in [0.05, 0.1) is 0 Å². The molecule has 0 aromatic heterocycles. The van der Waals surface area contributed by atoms with Crippen molar-refractivity contribution in [2.45, 2.75) is 119 Å². The first-order valence-corrected chi connectivity index (χ1v) is 14.8. The Morgan fingerprint density at radius 1 is 0.742 bits per heavy atom. The zero-order valence-corrected chi connectivity index (χ0v) is 22.9. The molecule has 0 heterocycles. The van der Waals surface area contributed by atoms with Crippen LogP contribution in [0.5, 0.6) is 0 Å². The van der Waals surface area contributed by atoms with Gasteiger partial charge in [0.2, 0.25) is 0 Å². The first kappa shape index (κ1) is 24.5. The molecule has 4 aliphatic carbocycles. The van der Waals surface area contributed by atoms with Crippen LogP contribution in [0.15, 0.2) is 0 Å². The summed E-state index contributed by atoms with van der Waals surface area (Å²) in [4.78, 5) is 0. The van der Waals surface area contributed by atoms with Crippen molar-refractivity contribution in [2.75, 3.05) is 5.75 Å². The van der Waals surface area contributed by atoms with Crippen LogP contribution < -0.4 is 0 Å². The molecular formula is C30H54S. The predicted octanol–water partition coefficient (Wildman–Crippen LogP) is 9.29. The van der Waals surface area contributed by atoms with Crippen LogP contribution in [-0.2, 0) is 0 Å². The molecule has 0 aliphatic heterocycles. The Morgan fingerprint density at radius 3 is 2.06 bits per heavy atom. The Kier molecular flexibility index (Phi) is 6.99. The van der Waals surface area contributed by atoms with Crippen LogP contribution >= 0.6 is 12.6 Å². The highest BCUT2D eigenvalue weighted by Crippen LogP contribution is 2.72. The molecule has 0 aromatic carbocycles. The topological polar surface area (TPSA) is 0 Å². The Bertz CT molecular complexity index is 622. The van der Waals surface area contributed by atoms with E-state index < -0.39 is 0 Å². The van der Waals surface area contributed by atoms with Crippen molar-refractivity contribution < 1.29 is 0 Å². The Labute approximate surface area is 200 Å². The Balaban J connectivity index is 1.49. The molecule has 0 saturated heterocycles. The minimum atomic E-state index is 0.582. The van der Waals surface area contributed by atoms with Crippen LogP contribution in [-0.4, -0.2) is 5.75 Å². The van der Waals surface area contributed by atoms with Gasteiger partial charge < -0.3 is 0 Å². The lowest BCUT2D eigenvalue weighted by Gasteiger charge is -2.63. The van der Waals surface area contributed by atoms with Gasteiger partial charge in [-0.25, -0.2) is 0 Å². The summed E-state index contributed by atoms with van der Waals surface area (Å²) in [5.74, 6) is 8.59. The second kappa shape index (κ2) is 8.85. The maximum Gasteiger partial charge on any atom is -0.00671 e. The number of hydrogen-bond donors (Lipinski definition) is 1. The Morgan fingerprint density at radius 2 is 1.39 bits per heavy atom. The van der Waals surface area contributed by atoms with Gasteiger partial charge in [0.25, 0.3) is 0 Å². The van der Waals surface area contributed by atoms with Crippen molar-refractivity contribution in [3.05, 3.63) is 0 Å². The molecule has 180 valence electrons. The van der Waals surface area contributed by atoms with Crippen molar-refractivity contribution >= 4 is 12.6 Å². The van der Waals surface area contributed by atoms with E-state index in [1.807, 2.05) is 0 Å². The maximum absolute atomic E-state index is 4.67. The van der Waals surface area contributed by atoms with Crippen molar-refractivity contribution in [2.24, 2.45) is 63.6 Å². The fourth-order valence-electron chi connectivity index (χ4n) is 10.2. The number of fused-ring (bicyclic) bond motifs is 5. The van der Waals surface area contributed by atoms with Crippen LogP contribution in [0.2, 0.25) is 0 Å². The van der Waals surface area contributed by atoms with E-state index in [0.29, 0.717) is 16.2 Å². The van der Waals surface area contributed by atoms with Gasteiger partial charge in [-0.15, -0.1) is 0 Å². The Hall–Kier alpha value is 0.350. The molecule has 4 rings (SSSR count). The van der Waals surface area contributed by atoms with E-state index in [9.17, 15) is 0 Å². The van der Waals surface area contributed by atoms with E-state index in [-0.39, 0.29) is 0 Å². The van der Waals surface area contributed by atoms with Gasteiger partial charge in [-0.05, 0) is 127 Å². The SMILES string of the molecule is CC(C)C(CS)CCC(C)C1CCC2(C)C3CCC4C(CCCC4(C)C)C3CCC12C. The average molecular weight is 447 g/mol. The molecular weight excluding hydrogens is 392 g/mol. The van der Waals surface area contributed by atoms with E-state index in [1.54, 1.807) is 12.8 Å². The zero-order valence-electron chi connectivity index (χ0n) is 22.1. The number of rotatable bonds is 6. The molecule has 4 aliphatic rings. The minimum absolute atomic E-state index is 0.582. The molecule has 0 nitrogen and oxygen atoms in total. The molecule has 4 fully saturated rings. The van der Waals surface area contributed by atoms with Gasteiger partial charge in [0, 0.05) is 0 Å². The third-order valence-corrected chi connectivity index (χ3v) is 13.0. The lowest BCUT2D eigenvalue weighted by atomic mass is 9.42. The van der Waals surface area contributed by atoms with Crippen LogP contribution in [0.25, 0.3) is 0 Å². The lowest BCUT2D eigenvalue weighted by molar-refractivity contribution is -0.141.